The summed E-state index contributed by atoms with van der Waals surface area (Å²) in [7, 11) is 0. The minimum atomic E-state index is -0.357. The minimum absolute atomic E-state index is 0.113. The van der Waals surface area contributed by atoms with Crippen molar-refractivity contribution in [3.05, 3.63) is 36.2 Å². The van der Waals surface area contributed by atoms with E-state index in [0.717, 1.165) is 32.0 Å². The highest BCUT2D eigenvalue weighted by Crippen LogP contribution is 2.20. The fourth-order valence-corrected chi connectivity index (χ4v) is 4.16. The van der Waals surface area contributed by atoms with Crippen LogP contribution in [0.1, 0.15) is 19.2 Å². The third kappa shape index (κ3) is 5.03. The summed E-state index contributed by atoms with van der Waals surface area (Å²) in [6.07, 6.45) is 0.708. The molecule has 1 aromatic heterocycles. The second kappa shape index (κ2) is 9.59. The highest BCUT2D eigenvalue weighted by molar-refractivity contribution is 7.99. The lowest BCUT2D eigenvalue weighted by Crippen LogP contribution is -2.49. The highest BCUT2D eigenvalue weighted by atomic mass is 32.2. The van der Waals surface area contributed by atoms with Crippen molar-refractivity contribution < 1.29 is 9.59 Å². The van der Waals surface area contributed by atoms with E-state index >= 15 is 0 Å². The van der Waals surface area contributed by atoms with Gasteiger partial charge in [-0.15, -0.1) is 10.2 Å². The van der Waals surface area contributed by atoms with E-state index in [-0.39, 0.29) is 18.2 Å². The summed E-state index contributed by atoms with van der Waals surface area (Å²) in [6.45, 7) is 5.79. The molecule has 0 bridgehead atoms. The normalized spacial score (nSPS) is 14.3. The molecule has 1 fully saturated rings. The molecule has 0 spiro atoms. The molecule has 0 aliphatic carbocycles. The van der Waals surface area contributed by atoms with E-state index in [9.17, 15) is 9.59 Å². The lowest BCUT2D eigenvalue weighted by Gasteiger charge is -2.36. The van der Waals surface area contributed by atoms with E-state index in [0.29, 0.717) is 23.9 Å². The first-order valence-electron chi connectivity index (χ1n) is 9.49. The molecule has 2 N–H and O–H groups in total. The molecule has 1 saturated heterocycles. The van der Waals surface area contributed by atoms with Gasteiger partial charge in [-0.25, -0.2) is 0 Å². The summed E-state index contributed by atoms with van der Waals surface area (Å²) in [6, 6.07) is 10.3. The monoisotopic (exact) mass is 402 g/mol. The van der Waals surface area contributed by atoms with Crippen LogP contribution in [0.25, 0.3) is 0 Å². The number of nitrogens with two attached hydrogens (primary N) is 1. The van der Waals surface area contributed by atoms with Crippen molar-refractivity contribution in [3.63, 3.8) is 0 Å². The molecule has 1 aromatic carbocycles. The van der Waals surface area contributed by atoms with Crippen LogP contribution in [-0.4, -0.2) is 63.4 Å². The lowest BCUT2D eigenvalue weighted by atomic mass is 10.2. The standard InChI is InChI=1S/C19H26N6O2S/c1-2-25-17(9-8-16(20)26)21-22-19(25)28-14-18(27)24-12-10-23(11-13-24)15-6-4-3-5-7-15/h3-7H,2,8-14H2,1H3,(H2,20,26). The fraction of sp³-hybridized carbons (Fsp3) is 0.474. The minimum Gasteiger partial charge on any atom is -0.370 e. The van der Waals surface area contributed by atoms with E-state index in [1.807, 2.05) is 34.6 Å². The molecule has 1 aliphatic heterocycles. The molecular weight excluding hydrogens is 376 g/mol. The molecule has 2 heterocycles. The lowest BCUT2D eigenvalue weighted by molar-refractivity contribution is -0.128. The van der Waals surface area contributed by atoms with Crippen molar-refractivity contribution in [2.24, 2.45) is 5.73 Å². The number of nitrogens with zero attached hydrogens (tertiary/aromatic N) is 5. The smallest absolute Gasteiger partial charge is 0.233 e. The first-order valence-corrected chi connectivity index (χ1v) is 10.5. The zero-order chi connectivity index (χ0) is 19.9. The van der Waals surface area contributed by atoms with Crippen molar-refractivity contribution in [1.29, 1.82) is 0 Å². The maximum Gasteiger partial charge on any atom is 0.233 e. The summed E-state index contributed by atoms with van der Waals surface area (Å²) in [4.78, 5) is 27.8. The molecule has 1 aliphatic rings. The molecule has 0 saturated carbocycles. The molecule has 3 rings (SSSR count). The van der Waals surface area contributed by atoms with Gasteiger partial charge in [0.25, 0.3) is 0 Å². The van der Waals surface area contributed by atoms with Gasteiger partial charge in [0, 0.05) is 51.3 Å². The number of aromatic nitrogens is 3. The zero-order valence-corrected chi connectivity index (χ0v) is 16.9. The van der Waals surface area contributed by atoms with Crippen molar-refractivity contribution in [3.8, 4) is 0 Å². The van der Waals surface area contributed by atoms with Crippen LogP contribution < -0.4 is 10.6 Å². The molecule has 0 atom stereocenters. The number of hydrogen-bond donors (Lipinski definition) is 1. The van der Waals surface area contributed by atoms with Gasteiger partial charge in [-0.1, -0.05) is 30.0 Å². The summed E-state index contributed by atoms with van der Waals surface area (Å²) in [5, 5.41) is 9.03. The Bertz CT molecular complexity index is 802. The number of thioether (sulfide) groups is 1. The number of para-hydroxylation sites is 1. The number of amides is 2. The third-order valence-corrected chi connectivity index (χ3v) is 5.73. The molecule has 150 valence electrons. The van der Waals surface area contributed by atoms with Gasteiger partial charge < -0.3 is 20.1 Å². The summed E-state index contributed by atoms with van der Waals surface area (Å²) in [5.41, 5.74) is 6.41. The molecule has 9 heteroatoms. The van der Waals surface area contributed by atoms with Gasteiger partial charge in [0.05, 0.1) is 5.75 Å². The highest BCUT2D eigenvalue weighted by Gasteiger charge is 2.22. The van der Waals surface area contributed by atoms with E-state index in [1.54, 1.807) is 0 Å². The van der Waals surface area contributed by atoms with Crippen LogP contribution in [0.15, 0.2) is 35.5 Å². The molecule has 0 radical (unpaired) electrons. The number of carbonyl (C=O) groups excluding carboxylic acids is 2. The fourth-order valence-electron chi connectivity index (χ4n) is 3.23. The van der Waals surface area contributed by atoms with Crippen LogP contribution >= 0.6 is 11.8 Å². The zero-order valence-electron chi connectivity index (χ0n) is 16.1. The predicted octanol–water partition coefficient (Wildman–Crippen LogP) is 1.16. The summed E-state index contributed by atoms with van der Waals surface area (Å²) >= 11 is 1.39. The van der Waals surface area contributed by atoms with Crippen LogP contribution in [-0.2, 0) is 22.6 Å². The Morgan fingerprint density at radius 2 is 1.82 bits per heavy atom. The number of benzene rings is 1. The van der Waals surface area contributed by atoms with E-state index in [1.165, 1.54) is 17.4 Å². The average molecular weight is 403 g/mol. The number of hydrogen-bond acceptors (Lipinski definition) is 6. The maximum atomic E-state index is 12.6. The van der Waals surface area contributed by atoms with E-state index in [4.69, 9.17) is 5.73 Å². The van der Waals surface area contributed by atoms with Gasteiger partial charge in [0.2, 0.25) is 11.8 Å². The molecule has 8 nitrogen and oxygen atoms in total. The van der Waals surface area contributed by atoms with Gasteiger partial charge in [-0.2, -0.15) is 0 Å². The molecule has 2 amide bonds. The third-order valence-electron chi connectivity index (χ3n) is 4.78. The van der Waals surface area contributed by atoms with E-state index in [2.05, 4.69) is 27.2 Å². The Kier molecular flexibility index (Phi) is 6.91. The Morgan fingerprint density at radius 3 is 2.46 bits per heavy atom. The van der Waals surface area contributed by atoms with Crippen LogP contribution in [0, 0.1) is 0 Å². The quantitative estimate of drug-likeness (QED) is 0.666. The van der Waals surface area contributed by atoms with Gasteiger partial charge in [-0.3, -0.25) is 9.59 Å². The number of primary amides is 1. The summed E-state index contributed by atoms with van der Waals surface area (Å²) in [5.74, 6) is 0.818. The van der Waals surface area contributed by atoms with Crippen LogP contribution in [0.2, 0.25) is 0 Å². The first-order chi connectivity index (χ1) is 13.6. The maximum absolute atomic E-state index is 12.6. The van der Waals surface area contributed by atoms with Crippen molar-refractivity contribution >= 4 is 29.3 Å². The number of aryl methyl sites for hydroxylation is 1. The number of carbonyl (C=O) groups is 2. The van der Waals surface area contributed by atoms with Crippen molar-refractivity contribution in [2.75, 3.05) is 36.8 Å². The largest absolute Gasteiger partial charge is 0.370 e. The molecule has 0 unspecified atom stereocenters. The number of piperazine rings is 1. The van der Waals surface area contributed by atoms with Gasteiger partial charge in [0.1, 0.15) is 5.82 Å². The number of rotatable bonds is 8. The predicted molar refractivity (Wildman–Crippen MR) is 109 cm³/mol. The Hall–Kier alpha value is -2.55. The van der Waals surface area contributed by atoms with Gasteiger partial charge in [0.15, 0.2) is 5.16 Å². The second-order valence-electron chi connectivity index (χ2n) is 6.60. The topological polar surface area (TPSA) is 97.3 Å². The second-order valence-corrected chi connectivity index (χ2v) is 7.54. The summed E-state index contributed by atoms with van der Waals surface area (Å²) < 4.78 is 1.94. The Balaban J connectivity index is 1.50. The van der Waals surface area contributed by atoms with Crippen molar-refractivity contribution in [1.82, 2.24) is 19.7 Å². The Morgan fingerprint density at radius 1 is 1.11 bits per heavy atom. The number of anilines is 1. The van der Waals surface area contributed by atoms with Crippen LogP contribution in [0.4, 0.5) is 5.69 Å². The van der Waals surface area contributed by atoms with Crippen molar-refractivity contribution in [2.45, 2.75) is 31.5 Å². The average Bonchev–Trinajstić information content (AvgIpc) is 3.13. The Labute approximate surface area is 169 Å². The van der Waals surface area contributed by atoms with Gasteiger partial charge >= 0.3 is 0 Å². The molecule has 28 heavy (non-hydrogen) atoms. The first kappa shape index (κ1) is 20.2. The van der Waals surface area contributed by atoms with Gasteiger partial charge in [-0.05, 0) is 19.1 Å². The van der Waals surface area contributed by atoms with Crippen LogP contribution in [0.3, 0.4) is 0 Å². The van der Waals surface area contributed by atoms with E-state index < -0.39 is 0 Å². The SMILES string of the molecule is CCn1c(CCC(N)=O)nnc1SCC(=O)N1CCN(c2ccccc2)CC1. The molecular formula is C19H26N6O2S. The van der Waals surface area contributed by atoms with Crippen LogP contribution in [0.5, 0.6) is 0 Å². The molecule has 2 aromatic rings.